The highest BCUT2D eigenvalue weighted by molar-refractivity contribution is 5.68. The molecule has 0 aromatic heterocycles. The lowest BCUT2D eigenvalue weighted by Crippen LogP contribution is -2.50. The molecule has 0 unspecified atom stereocenters. The number of aliphatic hydroxyl groups is 1. The van der Waals surface area contributed by atoms with E-state index in [1.807, 2.05) is 45.0 Å². The highest BCUT2D eigenvalue weighted by Crippen LogP contribution is 2.25. The molecule has 0 heterocycles. The fourth-order valence-corrected chi connectivity index (χ4v) is 2.27. The minimum absolute atomic E-state index is 0.0611. The van der Waals surface area contributed by atoms with Crippen molar-refractivity contribution in [2.75, 3.05) is 5.32 Å². The molecule has 0 atom stereocenters. The van der Waals surface area contributed by atoms with Crippen LogP contribution in [0.2, 0.25) is 0 Å². The molecule has 1 amide bonds. The third kappa shape index (κ3) is 4.93. The molecule has 116 valence electrons. The van der Waals surface area contributed by atoms with Crippen molar-refractivity contribution in [3.63, 3.8) is 0 Å². The van der Waals surface area contributed by atoms with Gasteiger partial charge in [0.05, 0.1) is 6.61 Å². The largest absolute Gasteiger partial charge is 0.444 e. The third-order valence-corrected chi connectivity index (χ3v) is 3.37. The second-order valence-corrected chi connectivity index (χ2v) is 6.51. The smallest absolute Gasteiger partial charge is 0.407 e. The maximum Gasteiger partial charge on any atom is 0.407 e. The normalized spacial score (nSPS) is 21.3. The third-order valence-electron chi connectivity index (χ3n) is 3.37. The molecule has 1 aliphatic carbocycles. The van der Waals surface area contributed by atoms with E-state index in [2.05, 4.69) is 10.6 Å². The first-order valence-electron chi connectivity index (χ1n) is 7.31. The molecule has 1 aromatic rings. The molecular formula is C16H24N2O3. The minimum atomic E-state index is -0.458. The van der Waals surface area contributed by atoms with E-state index in [4.69, 9.17) is 9.84 Å². The van der Waals surface area contributed by atoms with Gasteiger partial charge in [-0.05, 0) is 51.3 Å². The van der Waals surface area contributed by atoms with E-state index in [0.29, 0.717) is 6.04 Å². The molecule has 1 aromatic carbocycles. The second kappa shape index (κ2) is 6.35. The number of benzene rings is 1. The van der Waals surface area contributed by atoms with E-state index in [1.54, 1.807) is 0 Å². The standard InChI is InChI=1S/C16H24N2O3/c1-16(2,3)21-15(20)18-14-8-13(9-14)17-12-6-4-11(10-19)5-7-12/h4-7,13-14,17,19H,8-10H2,1-3H3,(H,18,20). The fourth-order valence-electron chi connectivity index (χ4n) is 2.27. The lowest BCUT2D eigenvalue weighted by molar-refractivity contribution is 0.0475. The summed E-state index contributed by atoms with van der Waals surface area (Å²) < 4.78 is 5.23. The Morgan fingerprint density at radius 1 is 1.24 bits per heavy atom. The number of amides is 1. The van der Waals surface area contributed by atoms with E-state index in [1.165, 1.54) is 0 Å². The highest BCUT2D eigenvalue weighted by atomic mass is 16.6. The van der Waals surface area contributed by atoms with E-state index in [-0.39, 0.29) is 18.7 Å². The lowest BCUT2D eigenvalue weighted by atomic mass is 9.86. The number of alkyl carbamates (subject to hydrolysis) is 1. The van der Waals surface area contributed by atoms with Gasteiger partial charge in [0.15, 0.2) is 0 Å². The predicted molar refractivity (Wildman–Crippen MR) is 82.2 cm³/mol. The van der Waals surface area contributed by atoms with Crippen LogP contribution >= 0.6 is 0 Å². The van der Waals surface area contributed by atoms with Gasteiger partial charge in [0, 0.05) is 17.8 Å². The Morgan fingerprint density at radius 3 is 2.38 bits per heavy atom. The van der Waals surface area contributed by atoms with E-state index < -0.39 is 5.60 Å². The molecule has 0 bridgehead atoms. The summed E-state index contributed by atoms with van der Waals surface area (Å²) in [5.74, 6) is 0. The molecule has 1 aliphatic rings. The van der Waals surface area contributed by atoms with Gasteiger partial charge in [-0.3, -0.25) is 0 Å². The highest BCUT2D eigenvalue weighted by Gasteiger charge is 2.31. The Morgan fingerprint density at radius 2 is 1.86 bits per heavy atom. The molecule has 0 radical (unpaired) electrons. The molecule has 5 nitrogen and oxygen atoms in total. The molecule has 2 rings (SSSR count). The van der Waals surface area contributed by atoms with E-state index >= 15 is 0 Å². The van der Waals surface area contributed by atoms with Crippen molar-refractivity contribution in [1.82, 2.24) is 5.32 Å². The second-order valence-electron chi connectivity index (χ2n) is 6.51. The summed E-state index contributed by atoms with van der Waals surface area (Å²) in [7, 11) is 0. The van der Waals surface area contributed by atoms with Crippen LogP contribution in [0, 0.1) is 0 Å². The SMILES string of the molecule is CC(C)(C)OC(=O)NC1CC(Nc2ccc(CO)cc2)C1. The monoisotopic (exact) mass is 292 g/mol. The topological polar surface area (TPSA) is 70.6 Å². The van der Waals surface area contributed by atoms with Gasteiger partial charge in [0.25, 0.3) is 0 Å². The van der Waals surface area contributed by atoms with Crippen molar-refractivity contribution in [1.29, 1.82) is 0 Å². The molecule has 0 saturated heterocycles. The van der Waals surface area contributed by atoms with Crippen LogP contribution in [0.15, 0.2) is 24.3 Å². The Bertz CT molecular complexity index is 473. The number of nitrogens with one attached hydrogen (secondary N) is 2. The number of ether oxygens (including phenoxy) is 1. The Hall–Kier alpha value is -1.75. The molecule has 1 fully saturated rings. The van der Waals surface area contributed by atoms with Crippen molar-refractivity contribution >= 4 is 11.8 Å². The van der Waals surface area contributed by atoms with Crippen LogP contribution < -0.4 is 10.6 Å². The summed E-state index contributed by atoms with van der Waals surface area (Å²) in [6, 6.07) is 8.26. The number of aliphatic hydroxyl groups excluding tert-OH is 1. The van der Waals surface area contributed by atoms with Gasteiger partial charge in [0.1, 0.15) is 5.60 Å². The van der Waals surface area contributed by atoms with Gasteiger partial charge in [-0.25, -0.2) is 4.79 Å². The minimum Gasteiger partial charge on any atom is -0.444 e. The molecule has 0 aliphatic heterocycles. The number of anilines is 1. The first-order valence-corrected chi connectivity index (χ1v) is 7.31. The van der Waals surface area contributed by atoms with Crippen LogP contribution in [0.1, 0.15) is 39.2 Å². The van der Waals surface area contributed by atoms with Crippen LogP contribution in [0.25, 0.3) is 0 Å². The number of rotatable bonds is 4. The molecule has 5 heteroatoms. The van der Waals surface area contributed by atoms with Gasteiger partial charge < -0.3 is 20.5 Å². The average Bonchev–Trinajstić information content (AvgIpc) is 2.35. The Kier molecular flexibility index (Phi) is 4.73. The number of hydrogen-bond donors (Lipinski definition) is 3. The summed E-state index contributed by atoms with van der Waals surface area (Å²) in [5, 5.41) is 15.3. The Labute approximate surface area is 125 Å². The number of carbonyl (C=O) groups excluding carboxylic acids is 1. The Balaban J connectivity index is 1.70. The van der Waals surface area contributed by atoms with Gasteiger partial charge in [-0.1, -0.05) is 12.1 Å². The first kappa shape index (κ1) is 15.6. The quantitative estimate of drug-likeness (QED) is 0.798. The van der Waals surface area contributed by atoms with Gasteiger partial charge in [-0.15, -0.1) is 0 Å². The van der Waals surface area contributed by atoms with E-state index in [9.17, 15) is 4.79 Å². The van der Waals surface area contributed by atoms with Gasteiger partial charge in [-0.2, -0.15) is 0 Å². The zero-order valence-corrected chi connectivity index (χ0v) is 12.8. The van der Waals surface area contributed by atoms with Crippen molar-refractivity contribution in [2.24, 2.45) is 0 Å². The molecular weight excluding hydrogens is 268 g/mol. The summed E-state index contributed by atoms with van der Waals surface area (Å²) in [4.78, 5) is 11.6. The van der Waals surface area contributed by atoms with Crippen molar-refractivity contribution in [2.45, 2.75) is 57.9 Å². The van der Waals surface area contributed by atoms with E-state index in [0.717, 1.165) is 24.1 Å². The average molecular weight is 292 g/mol. The van der Waals surface area contributed by atoms with Gasteiger partial charge in [0.2, 0.25) is 0 Å². The molecule has 1 saturated carbocycles. The van der Waals surface area contributed by atoms with Crippen LogP contribution in [0.4, 0.5) is 10.5 Å². The maximum absolute atomic E-state index is 11.6. The predicted octanol–water partition coefficient (Wildman–Crippen LogP) is 2.65. The molecule has 21 heavy (non-hydrogen) atoms. The van der Waals surface area contributed by atoms with Crippen LogP contribution in [-0.2, 0) is 11.3 Å². The maximum atomic E-state index is 11.6. The zero-order valence-electron chi connectivity index (χ0n) is 12.8. The number of hydrogen-bond acceptors (Lipinski definition) is 4. The summed E-state index contributed by atoms with van der Waals surface area (Å²) >= 11 is 0. The summed E-state index contributed by atoms with van der Waals surface area (Å²) in [5.41, 5.74) is 1.48. The van der Waals surface area contributed by atoms with Gasteiger partial charge >= 0.3 is 6.09 Å². The van der Waals surface area contributed by atoms with Crippen molar-refractivity contribution < 1.29 is 14.6 Å². The fraction of sp³-hybridized carbons (Fsp3) is 0.562. The summed E-state index contributed by atoms with van der Waals surface area (Å²) in [6.45, 7) is 5.63. The van der Waals surface area contributed by atoms with Crippen molar-refractivity contribution in [3.05, 3.63) is 29.8 Å². The van der Waals surface area contributed by atoms with Crippen LogP contribution in [-0.4, -0.2) is 28.9 Å². The van der Waals surface area contributed by atoms with Crippen molar-refractivity contribution in [3.8, 4) is 0 Å². The molecule has 3 N–H and O–H groups in total. The van der Waals surface area contributed by atoms with Crippen LogP contribution in [0.5, 0.6) is 0 Å². The van der Waals surface area contributed by atoms with Crippen LogP contribution in [0.3, 0.4) is 0 Å². The lowest BCUT2D eigenvalue weighted by Gasteiger charge is -2.37. The first-order chi connectivity index (χ1) is 9.85. The zero-order chi connectivity index (χ0) is 15.5. The summed E-state index contributed by atoms with van der Waals surface area (Å²) in [6.07, 6.45) is 1.43. The number of carbonyl (C=O) groups is 1. The molecule has 0 spiro atoms.